The number of alkyl halides is 3. The lowest BCUT2D eigenvalue weighted by atomic mass is 9.78. The summed E-state index contributed by atoms with van der Waals surface area (Å²) in [7, 11) is 0. The van der Waals surface area contributed by atoms with Gasteiger partial charge < -0.3 is 10.6 Å². The molecule has 3 nitrogen and oxygen atoms in total. The van der Waals surface area contributed by atoms with Crippen LogP contribution in [0.5, 0.6) is 0 Å². The fourth-order valence-electron chi connectivity index (χ4n) is 3.72. The van der Waals surface area contributed by atoms with Crippen molar-refractivity contribution in [2.24, 2.45) is 17.6 Å². The highest BCUT2D eigenvalue weighted by Gasteiger charge is 2.41. The van der Waals surface area contributed by atoms with Crippen LogP contribution in [-0.4, -0.2) is 29.9 Å². The van der Waals surface area contributed by atoms with Crippen molar-refractivity contribution in [2.75, 3.05) is 13.1 Å². The molecular weight excluding hydrogens is 348 g/mol. The molecule has 1 amide bonds. The fourth-order valence-corrected chi connectivity index (χ4v) is 3.72. The van der Waals surface area contributed by atoms with E-state index in [0.717, 1.165) is 19.3 Å². The van der Waals surface area contributed by atoms with Crippen molar-refractivity contribution in [3.63, 3.8) is 0 Å². The molecule has 2 aliphatic rings. The predicted molar refractivity (Wildman–Crippen MR) is 83.4 cm³/mol. The molecule has 0 spiro atoms. The van der Waals surface area contributed by atoms with E-state index in [-0.39, 0.29) is 30.3 Å². The molecule has 1 saturated heterocycles. The second kappa shape index (κ2) is 6.88. The topological polar surface area (TPSA) is 46.3 Å². The van der Waals surface area contributed by atoms with Crippen molar-refractivity contribution in [1.29, 1.82) is 0 Å². The molecule has 134 valence electrons. The van der Waals surface area contributed by atoms with Crippen LogP contribution >= 0.6 is 12.4 Å². The average Bonchev–Trinajstić information content (AvgIpc) is 2.91. The van der Waals surface area contributed by atoms with Gasteiger partial charge in [0.25, 0.3) is 5.91 Å². The molecule has 8 heteroatoms. The normalized spacial score (nSPS) is 26.7. The van der Waals surface area contributed by atoms with Crippen LogP contribution in [0.4, 0.5) is 17.6 Å². The van der Waals surface area contributed by atoms with Gasteiger partial charge in [0.2, 0.25) is 0 Å². The number of nitrogens with two attached hydrogens (primary N) is 1. The minimum absolute atomic E-state index is 0. The predicted octanol–water partition coefficient (Wildman–Crippen LogP) is 3.47. The standard InChI is InChI=1S/C16H18F4N2O.ClH/c17-13-5-4-10(16(18,19)20)6-11(13)15(23)22-7-9-2-1-3-14(21)12(9)8-22;/h4-6,9,12,14H,1-3,7-8,21H2;1H. The summed E-state index contributed by atoms with van der Waals surface area (Å²) < 4.78 is 52.2. The number of amides is 1. The summed E-state index contributed by atoms with van der Waals surface area (Å²) in [6.07, 6.45) is -1.78. The Morgan fingerprint density at radius 1 is 1.21 bits per heavy atom. The van der Waals surface area contributed by atoms with Crippen LogP contribution in [0.1, 0.15) is 35.2 Å². The molecule has 1 heterocycles. The Morgan fingerprint density at radius 3 is 2.54 bits per heavy atom. The zero-order valence-electron chi connectivity index (χ0n) is 12.9. The van der Waals surface area contributed by atoms with Gasteiger partial charge in [-0.15, -0.1) is 12.4 Å². The summed E-state index contributed by atoms with van der Waals surface area (Å²) in [6.45, 7) is 0.827. The zero-order chi connectivity index (χ0) is 16.8. The van der Waals surface area contributed by atoms with Crippen LogP contribution in [0.2, 0.25) is 0 Å². The van der Waals surface area contributed by atoms with E-state index in [1.165, 1.54) is 4.90 Å². The number of rotatable bonds is 1. The van der Waals surface area contributed by atoms with Gasteiger partial charge in [-0.3, -0.25) is 4.79 Å². The minimum atomic E-state index is -4.61. The fraction of sp³-hybridized carbons (Fsp3) is 0.562. The number of carbonyl (C=O) groups excluding carboxylic acids is 1. The molecule has 1 aromatic carbocycles. The van der Waals surface area contributed by atoms with Gasteiger partial charge in [0, 0.05) is 19.1 Å². The third-order valence-electron chi connectivity index (χ3n) is 4.97. The van der Waals surface area contributed by atoms with Crippen molar-refractivity contribution >= 4 is 18.3 Å². The van der Waals surface area contributed by atoms with E-state index >= 15 is 0 Å². The van der Waals surface area contributed by atoms with Crippen LogP contribution < -0.4 is 5.73 Å². The Hall–Kier alpha value is -1.34. The summed E-state index contributed by atoms with van der Waals surface area (Å²) in [5, 5.41) is 0. The maximum atomic E-state index is 13.9. The van der Waals surface area contributed by atoms with Crippen LogP contribution in [0, 0.1) is 17.7 Å². The maximum absolute atomic E-state index is 13.9. The number of benzene rings is 1. The van der Waals surface area contributed by atoms with E-state index < -0.39 is 29.0 Å². The molecule has 3 rings (SSSR count). The van der Waals surface area contributed by atoms with Crippen LogP contribution in [0.25, 0.3) is 0 Å². The molecule has 24 heavy (non-hydrogen) atoms. The Bertz CT molecular complexity index is 623. The molecule has 1 aromatic rings. The first kappa shape index (κ1) is 19.0. The van der Waals surface area contributed by atoms with Crippen molar-refractivity contribution in [2.45, 2.75) is 31.5 Å². The number of hydrogen-bond acceptors (Lipinski definition) is 2. The largest absolute Gasteiger partial charge is 0.416 e. The van der Waals surface area contributed by atoms with Gasteiger partial charge in [0.05, 0.1) is 11.1 Å². The van der Waals surface area contributed by atoms with Crippen LogP contribution in [-0.2, 0) is 6.18 Å². The van der Waals surface area contributed by atoms with Gasteiger partial charge in [-0.25, -0.2) is 4.39 Å². The van der Waals surface area contributed by atoms with Gasteiger partial charge in [0.15, 0.2) is 0 Å². The molecule has 2 N–H and O–H groups in total. The highest BCUT2D eigenvalue weighted by atomic mass is 35.5. The van der Waals surface area contributed by atoms with E-state index in [9.17, 15) is 22.4 Å². The maximum Gasteiger partial charge on any atom is 0.416 e. The highest BCUT2D eigenvalue weighted by Crippen LogP contribution is 2.37. The molecule has 3 atom stereocenters. The van der Waals surface area contributed by atoms with E-state index in [2.05, 4.69) is 0 Å². The van der Waals surface area contributed by atoms with Crippen molar-refractivity contribution in [3.05, 3.63) is 35.1 Å². The number of carbonyl (C=O) groups is 1. The second-order valence-corrected chi connectivity index (χ2v) is 6.42. The summed E-state index contributed by atoms with van der Waals surface area (Å²) in [5.74, 6) is -1.20. The number of hydrogen-bond donors (Lipinski definition) is 1. The quantitative estimate of drug-likeness (QED) is 0.774. The van der Waals surface area contributed by atoms with E-state index in [1.54, 1.807) is 0 Å². The Morgan fingerprint density at radius 2 is 1.92 bits per heavy atom. The molecule has 0 bridgehead atoms. The Kier molecular flexibility index (Phi) is 5.44. The lowest BCUT2D eigenvalue weighted by molar-refractivity contribution is -0.137. The number of likely N-dealkylation sites (tertiary alicyclic amines) is 1. The molecule has 3 unspecified atom stereocenters. The molecule has 1 saturated carbocycles. The summed E-state index contributed by atoms with van der Waals surface area (Å²) in [5.41, 5.74) is 4.53. The molecule has 1 aliphatic heterocycles. The number of nitrogens with zero attached hydrogens (tertiary/aromatic N) is 1. The van der Waals surface area contributed by atoms with Crippen molar-refractivity contribution in [1.82, 2.24) is 4.90 Å². The third kappa shape index (κ3) is 3.52. The van der Waals surface area contributed by atoms with Gasteiger partial charge in [-0.05, 0) is 42.9 Å². The lowest BCUT2D eigenvalue weighted by Crippen LogP contribution is -2.38. The third-order valence-corrected chi connectivity index (χ3v) is 4.97. The SMILES string of the molecule is Cl.NC1CCCC2CN(C(=O)c3cc(C(F)(F)F)ccc3F)CC12. The first-order chi connectivity index (χ1) is 10.8. The number of fused-ring (bicyclic) bond motifs is 1. The molecule has 0 aromatic heterocycles. The zero-order valence-corrected chi connectivity index (χ0v) is 13.7. The Balaban J connectivity index is 0.00000208. The summed E-state index contributed by atoms with van der Waals surface area (Å²) >= 11 is 0. The van der Waals surface area contributed by atoms with E-state index in [1.807, 2.05) is 0 Å². The number of halogens is 5. The van der Waals surface area contributed by atoms with Crippen LogP contribution in [0.3, 0.4) is 0 Å². The lowest BCUT2D eigenvalue weighted by Gasteiger charge is -2.29. The van der Waals surface area contributed by atoms with Crippen LogP contribution in [0.15, 0.2) is 18.2 Å². The molecule has 2 fully saturated rings. The van der Waals surface area contributed by atoms with Gasteiger partial charge >= 0.3 is 6.18 Å². The summed E-state index contributed by atoms with van der Waals surface area (Å²) in [6, 6.07) is 1.94. The van der Waals surface area contributed by atoms with E-state index in [4.69, 9.17) is 5.73 Å². The smallest absolute Gasteiger partial charge is 0.338 e. The second-order valence-electron chi connectivity index (χ2n) is 6.42. The Labute approximate surface area is 143 Å². The van der Waals surface area contributed by atoms with Gasteiger partial charge in [-0.2, -0.15) is 13.2 Å². The monoisotopic (exact) mass is 366 g/mol. The summed E-state index contributed by atoms with van der Waals surface area (Å²) in [4.78, 5) is 13.9. The molecular formula is C16H19ClF4N2O. The molecule has 0 radical (unpaired) electrons. The average molecular weight is 367 g/mol. The van der Waals surface area contributed by atoms with Crippen molar-refractivity contribution in [3.8, 4) is 0 Å². The van der Waals surface area contributed by atoms with Gasteiger partial charge in [0.1, 0.15) is 5.82 Å². The highest BCUT2D eigenvalue weighted by molar-refractivity contribution is 5.95. The van der Waals surface area contributed by atoms with E-state index in [0.29, 0.717) is 31.3 Å². The minimum Gasteiger partial charge on any atom is -0.338 e. The first-order valence-corrected chi connectivity index (χ1v) is 7.69. The van der Waals surface area contributed by atoms with Crippen molar-refractivity contribution < 1.29 is 22.4 Å². The van der Waals surface area contributed by atoms with Gasteiger partial charge in [-0.1, -0.05) is 6.42 Å². The molecule has 1 aliphatic carbocycles. The first-order valence-electron chi connectivity index (χ1n) is 7.69.